The predicted molar refractivity (Wildman–Crippen MR) is 106 cm³/mol. The number of carbonyl (C=O) groups is 1. The third-order valence-corrected chi connectivity index (χ3v) is 6.79. The highest BCUT2D eigenvalue weighted by molar-refractivity contribution is 7.89. The second-order valence-electron chi connectivity index (χ2n) is 6.78. The first-order valence-electron chi connectivity index (χ1n) is 9.45. The zero-order valence-electron chi connectivity index (χ0n) is 15.9. The molecule has 1 fully saturated rings. The number of rotatable bonds is 7. The molecule has 0 bridgehead atoms. The number of sulfonamides is 1. The van der Waals surface area contributed by atoms with Gasteiger partial charge >= 0.3 is 5.97 Å². The number of benzene rings is 2. The van der Waals surface area contributed by atoms with Crippen molar-refractivity contribution in [3.05, 3.63) is 60.2 Å². The molecule has 1 aliphatic heterocycles. The summed E-state index contributed by atoms with van der Waals surface area (Å²) >= 11 is 0. The second kappa shape index (κ2) is 9.21. The Hall–Kier alpha value is -2.38. The minimum Gasteiger partial charge on any atom is -0.490 e. The minimum atomic E-state index is -3.54. The lowest BCUT2D eigenvalue weighted by Gasteiger charge is -2.32. The third kappa shape index (κ3) is 4.91. The van der Waals surface area contributed by atoms with Gasteiger partial charge in [-0.05, 0) is 56.2 Å². The molecule has 7 heteroatoms. The first kappa shape index (κ1) is 20.4. The van der Waals surface area contributed by atoms with E-state index in [1.54, 1.807) is 4.31 Å². The second-order valence-corrected chi connectivity index (χ2v) is 8.67. The highest BCUT2D eigenvalue weighted by atomic mass is 32.2. The smallest absolute Gasteiger partial charge is 0.338 e. The van der Waals surface area contributed by atoms with Gasteiger partial charge in [-0.1, -0.05) is 24.6 Å². The Labute approximate surface area is 166 Å². The number of piperidine rings is 1. The van der Waals surface area contributed by atoms with Gasteiger partial charge in [0.1, 0.15) is 19.0 Å². The van der Waals surface area contributed by atoms with Crippen LogP contribution < -0.4 is 4.74 Å². The average Bonchev–Trinajstić information content (AvgIpc) is 2.72. The van der Waals surface area contributed by atoms with Gasteiger partial charge in [0.2, 0.25) is 10.0 Å². The number of nitrogens with zero attached hydrogens (tertiary/aromatic N) is 1. The van der Waals surface area contributed by atoms with Crippen LogP contribution >= 0.6 is 0 Å². The summed E-state index contributed by atoms with van der Waals surface area (Å²) in [6.45, 7) is 2.82. The minimum absolute atomic E-state index is 0.00648. The molecule has 2 aromatic rings. The lowest BCUT2D eigenvalue weighted by molar-refractivity contribution is 0.0450. The maximum atomic E-state index is 12.8. The van der Waals surface area contributed by atoms with Crippen LogP contribution in [-0.4, -0.2) is 44.5 Å². The average molecular weight is 404 g/mol. The first-order valence-corrected chi connectivity index (χ1v) is 10.9. The topological polar surface area (TPSA) is 72.9 Å². The molecule has 0 aliphatic carbocycles. The van der Waals surface area contributed by atoms with Gasteiger partial charge in [0.05, 0.1) is 10.5 Å². The fourth-order valence-corrected chi connectivity index (χ4v) is 4.92. The summed E-state index contributed by atoms with van der Waals surface area (Å²) in [5.74, 6) is 0.201. The van der Waals surface area contributed by atoms with E-state index in [4.69, 9.17) is 9.47 Å². The maximum Gasteiger partial charge on any atom is 0.338 e. The Balaban J connectivity index is 1.55. The number of hydrogen-bond donors (Lipinski definition) is 0. The van der Waals surface area contributed by atoms with Gasteiger partial charge in [0.25, 0.3) is 0 Å². The lowest BCUT2D eigenvalue weighted by atomic mass is 10.1. The predicted octanol–water partition coefficient (Wildman–Crippen LogP) is 3.49. The van der Waals surface area contributed by atoms with Crippen molar-refractivity contribution in [2.45, 2.75) is 37.1 Å². The maximum absolute atomic E-state index is 12.8. The van der Waals surface area contributed by atoms with Gasteiger partial charge in [-0.3, -0.25) is 0 Å². The SMILES string of the molecule is CC1CCCCN1S(=O)(=O)c1ccc(C(=O)OCCOc2ccccc2)cc1. The van der Waals surface area contributed by atoms with Crippen molar-refractivity contribution in [3.8, 4) is 5.75 Å². The van der Waals surface area contributed by atoms with E-state index in [0.29, 0.717) is 17.9 Å². The Morgan fingerprint density at radius 3 is 2.43 bits per heavy atom. The lowest BCUT2D eigenvalue weighted by Crippen LogP contribution is -2.41. The number of hydrogen-bond acceptors (Lipinski definition) is 5. The number of carbonyl (C=O) groups excluding carboxylic acids is 1. The Kier molecular flexibility index (Phi) is 6.70. The Morgan fingerprint density at radius 2 is 1.75 bits per heavy atom. The molecule has 1 heterocycles. The molecule has 0 N–H and O–H groups in total. The van der Waals surface area contributed by atoms with E-state index in [2.05, 4.69) is 0 Å². The van der Waals surface area contributed by atoms with Gasteiger partial charge < -0.3 is 9.47 Å². The molecule has 0 amide bonds. The molecule has 1 atom stereocenters. The summed E-state index contributed by atoms with van der Waals surface area (Å²) in [5, 5.41) is 0. The molecule has 3 rings (SSSR count). The number of esters is 1. The zero-order chi connectivity index (χ0) is 20.0. The number of ether oxygens (including phenoxy) is 2. The van der Waals surface area contributed by atoms with Crippen LogP contribution in [0.15, 0.2) is 59.5 Å². The van der Waals surface area contributed by atoms with Crippen molar-refractivity contribution in [2.75, 3.05) is 19.8 Å². The van der Waals surface area contributed by atoms with Crippen LogP contribution in [-0.2, 0) is 14.8 Å². The van der Waals surface area contributed by atoms with Gasteiger partial charge in [0.15, 0.2) is 0 Å². The van der Waals surface area contributed by atoms with E-state index in [1.165, 1.54) is 24.3 Å². The highest BCUT2D eigenvalue weighted by Crippen LogP contribution is 2.25. The molecule has 0 saturated carbocycles. The summed E-state index contributed by atoms with van der Waals surface area (Å²) in [5.41, 5.74) is 0.311. The molecular weight excluding hydrogens is 378 g/mol. The molecule has 1 saturated heterocycles. The summed E-state index contributed by atoms with van der Waals surface area (Å²) in [6, 6.07) is 15.2. The van der Waals surface area contributed by atoms with E-state index >= 15 is 0 Å². The van der Waals surface area contributed by atoms with Crippen LogP contribution in [0.3, 0.4) is 0 Å². The van der Waals surface area contributed by atoms with E-state index in [9.17, 15) is 13.2 Å². The summed E-state index contributed by atoms with van der Waals surface area (Å²) < 4.78 is 37.8. The first-order chi connectivity index (χ1) is 13.5. The quantitative estimate of drug-likeness (QED) is 0.523. The fraction of sp³-hybridized carbons (Fsp3) is 0.381. The van der Waals surface area contributed by atoms with Crippen molar-refractivity contribution in [3.63, 3.8) is 0 Å². The van der Waals surface area contributed by atoms with Crippen molar-refractivity contribution in [1.82, 2.24) is 4.31 Å². The van der Waals surface area contributed by atoms with Crippen LogP contribution in [0.2, 0.25) is 0 Å². The van der Waals surface area contributed by atoms with Crippen LogP contribution in [0.5, 0.6) is 5.75 Å². The highest BCUT2D eigenvalue weighted by Gasteiger charge is 2.30. The van der Waals surface area contributed by atoms with E-state index in [1.807, 2.05) is 37.3 Å². The molecule has 0 spiro atoms. The molecule has 28 heavy (non-hydrogen) atoms. The van der Waals surface area contributed by atoms with Crippen molar-refractivity contribution in [2.24, 2.45) is 0 Å². The number of para-hydroxylation sites is 1. The summed E-state index contributed by atoms with van der Waals surface area (Å²) in [4.78, 5) is 12.3. The van der Waals surface area contributed by atoms with Gasteiger partial charge in [-0.2, -0.15) is 4.31 Å². The van der Waals surface area contributed by atoms with Gasteiger partial charge in [-0.15, -0.1) is 0 Å². The van der Waals surface area contributed by atoms with Crippen LogP contribution in [0, 0.1) is 0 Å². The van der Waals surface area contributed by atoms with Crippen molar-refractivity contribution >= 4 is 16.0 Å². The summed E-state index contributed by atoms with van der Waals surface area (Å²) in [7, 11) is -3.54. The monoisotopic (exact) mass is 403 g/mol. The summed E-state index contributed by atoms with van der Waals surface area (Å²) in [6.07, 6.45) is 2.79. The zero-order valence-corrected chi connectivity index (χ0v) is 16.7. The van der Waals surface area contributed by atoms with Crippen LogP contribution in [0.4, 0.5) is 0 Å². The van der Waals surface area contributed by atoms with Crippen LogP contribution in [0.1, 0.15) is 36.5 Å². The van der Waals surface area contributed by atoms with Crippen LogP contribution in [0.25, 0.3) is 0 Å². The molecule has 0 radical (unpaired) electrons. The van der Waals surface area contributed by atoms with E-state index < -0.39 is 16.0 Å². The largest absolute Gasteiger partial charge is 0.490 e. The standard InChI is InChI=1S/C21H25NO5S/c1-17-7-5-6-14-22(17)28(24,25)20-12-10-18(11-13-20)21(23)27-16-15-26-19-8-3-2-4-9-19/h2-4,8-13,17H,5-7,14-16H2,1H3. The van der Waals surface area contributed by atoms with Crippen molar-refractivity contribution < 1.29 is 22.7 Å². The molecule has 1 unspecified atom stereocenters. The Morgan fingerprint density at radius 1 is 1.04 bits per heavy atom. The third-order valence-electron chi connectivity index (χ3n) is 4.77. The Bertz CT molecular complexity index is 881. The van der Waals surface area contributed by atoms with Gasteiger partial charge in [0, 0.05) is 12.6 Å². The molecular formula is C21H25NO5S. The molecule has 0 aromatic heterocycles. The van der Waals surface area contributed by atoms with E-state index in [-0.39, 0.29) is 24.2 Å². The fourth-order valence-electron chi connectivity index (χ4n) is 3.22. The van der Waals surface area contributed by atoms with E-state index in [0.717, 1.165) is 19.3 Å². The molecule has 2 aromatic carbocycles. The van der Waals surface area contributed by atoms with Gasteiger partial charge in [-0.25, -0.2) is 13.2 Å². The van der Waals surface area contributed by atoms with Crippen molar-refractivity contribution in [1.29, 1.82) is 0 Å². The molecule has 1 aliphatic rings. The molecule has 150 valence electrons. The molecule has 6 nitrogen and oxygen atoms in total. The normalized spacial score (nSPS) is 17.8.